The number of carbonyl (C=O) groups excluding carboxylic acids is 1. The van der Waals surface area contributed by atoms with Crippen LogP contribution >= 0.6 is 0 Å². The Morgan fingerprint density at radius 1 is 1.05 bits per heavy atom. The topological polar surface area (TPSA) is 46.3 Å². The van der Waals surface area contributed by atoms with Crippen LogP contribution in [0.5, 0.6) is 0 Å². The van der Waals surface area contributed by atoms with E-state index in [1.807, 2.05) is 44.3 Å². The molecule has 0 radical (unpaired) electrons. The number of benzene rings is 2. The number of carbonyl (C=O) groups is 1. The minimum Gasteiger partial charge on any atom is -0.339 e. The van der Waals surface area contributed by atoms with Crippen LogP contribution in [0.4, 0.5) is 0 Å². The monoisotopic (exact) mass is 296 g/mol. The molecule has 0 fully saturated rings. The molecule has 0 saturated carbocycles. The van der Waals surface area contributed by atoms with E-state index in [-0.39, 0.29) is 18.0 Å². The summed E-state index contributed by atoms with van der Waals surface area (Å²) in [7, 11) is 1.84. The van der Waals surface area contributed by atoms with Crippen LogP contribution in [0.1, 0.15) is 42.1 Å². The zero-order valence-electron chi connectivity index (χ0n) is 13.5. The van der Waals surface area contributed by atoms with Crippen molar-refractivity contribution in [2.45, 2.75) is 32.4 Å². The second-order valence-corrected chi connectivity index (χ2v) is 5.81. The van der Waals surface area contributed by atoms with Crippen molar-refractivity contribution in [1.82, 2.24) is 4.90 Å². The summed E-state index contributed by atoms with van der Waals surface area (Å²) in [5.41, 5.74) is 9.49. The molecule has 116 valence electrons. The van der Waals surface area contributed by atoms with Crippen molar-refractivity contribution in [1.29, 1.82) is 0 Å². The van der Waals surface area contributed by atoms with Gasteiger partial charge in [-0.25, -0.2) is 0 Å². The molecule has 3 nitrogen and oxygen atoms in total. The van der Waals surface area contributed by atoms with Gasteiger partial charge in [-0.15, -0.1) is 0 Å². The van der Waals surface area contributed by atoms with Crippen molar-refractivity contribution in [3.63, 3.8) is 0 Å². The van der Waals surface area contributed by atoms with E-state index in [2.05, 4.69) is 31.2 Å². The fourth-order valence-corrected chi connectivity index (χ4v) is 2.43. The van der Waals surface area contributed by atoms with Gasteiger partial charge in [0, 0.05) is 19.5 Å². The standard InChI is InChI=1S/C19H24N2O/c1-14-9-11-16(12-10-14)15(2)21(3)19(22)13-18(20)17-7-5-4-6-8-17/h4-12,15,18H,13,20H2,1-3H3. The Morgan fingerprint density at radius 3 is 2.23 bits per heavy atom. The molecule has 0 aromatic heterocycles. The van der Waals surface area contributed by atoms with E-state index in [0.717, 1.165) is 11.1 Å². The molecule has 2 atom stereocenters. The molecule has 0 saturated heterocycles. The Balaban J connectivity index is 2.01. The lowest BCUT2D eigenvalue weighted by molar-refractivity contribution is -0.132. The van der Waals surface area contributed by atoms with Crippen LogP contribution in [0.15, 0.2) is 54.6 Å². The Hall–Kier alpha value is -2.13. The number of hydrogen-bond acceptors (Lipinski definition) is 2. The van der Waals surface area contributed by atoms with Crippen LogP contribution in [0, 0.1) is 6.92 Å². The summed E-state index contributed by atoms with van der Waals surface area (Å²) in [5, 5.41) is 0. The number of nitrogens with two attached hydrogens (primary N) is 1. The summed E-state index contributed by atoms with van der Waals surface area (Å²) in [4.78, 5) is 14.2. The first-order valence-corrected chi connectivity index (χ1v) is 7.62. The lowest BCUT2D eigenvalue weighted by atomic mass is 10.0. The van der Waals surface area contributed by atoms with Crippen LogP contribution in [-0.4, -0.2) is 17.9 Å². The normalized spacial score (nSPS) is 13.5. The van der Waals surface area contributed by atoms with Gasteiger partial charge in [0.2, 0.25) is 5.91 Å². The van der Waals surface area contributed by atoms with Gasteiger partial charge < -0.3 is 10.6 Å². The molecule has 2 N–H and O–H groups in total. The van der Waals surface area contributed by atoms with Gasteiger partial charge in [-0.2, -0.15) is 0 Å². The zero-order valence-corrected chi connectivity index (χ0v) is 13.5. The summed E-state index contributed by atoms with van der Waals surface area (Å²) < 4.78 is 0. The van der Waals surface area contributed by atoms with E-state index < -0.39 is 0 Å². The zero-order chi connectivity index (χ0) is 16.1. The minimum atomic E-state index is -0.263. The molecule has 22 heavy (non-hydrogen) atoms. The van der Waals surface area contributed by atoms with E-state index in [9.17, 15) is 4.79 Å². The fraction of sp³-hybridized carbons (Fsp3) is 0.316. The molecule has 1 amide bonds. The molecule has 3 heteroatoms. The molecule has 0 aliphatic heterocycles. The first kappa shape index (κ1) is 16.2. The summed E-state index contributed by atoms with van der Waals surface area (Å²) in [5.74, 6) is 0.0597. The Bertz CT molecular complexity index is 607. The van der Waals surface area contributed by atoms with Gasteiger partial charge in [-0.05, 0) is 25.0 Å². The highest BCUT2D eigenvalue weighted by molar-refractivity contribution is 5.77. The fourth-order valence-electron chi connectivity index (χ4n) is 2.43. The Kier molecular flexibility index (Phi) is 5.34. The average Bonchev–Trinajstić information content (AvgIpc) is 2.55. The molecule has 2 aromatic rings. The van der Waals surface area contributed by atoms with E-state index in [1.54, 1.807) is 4.90 Å². The number of aryl methyl sites for hydroxylation is 1. The van der Waals surface area contributed by atoms with Crippen molar-refractivity contribution >= 4 is 5.91 Å². The van der Waals surface area contributed by atoms with Gasteiger partial charge in [-0.1, -0.05) is 60.2 Å². The van der Waals surface area contributed by atoms with Crippen LogP contribution in [0.25, 0.3) is 0 Å². The van der Waals surface area contributed by atoms with Crippen molar-refractivity contribution in [3.05, 3.63) is 71.3 Å². The highest BCUT2D eigenvalue weighted by atomic mass is 16.2. The number of nitrogens with zero attached hydrogens (tertiary/aromatic N) is 1. The molecular weight excluding hydrogens is 272 g/mol. The number of amides is 1. The van der Waals surface area contributed by atoms with E-state index in [0.29, 0.717) is 6.42 Å². The molecule has 2 rings (SSSR count). The second-order valence-electron chi connectivity index (χ2n) is 5.81. The van der Waals surface area contributed by atoms with Gasteiger partial charge in [0.1, 0.15) is 0 Å². The van der Waals surface area contributed by atoms with Crippen LogP contribution in [-0.2, 0) is 4.79 Å². The minimum absolute atomic E-state index is 0.0380. The maximum atomic E-state index is 12.5. The maximum Gasteiger partial charge on any atom is 0.224 e. The summed E-state index contributed by atoms with van der Waals surface area (Å²) >= 11 is 0. The maximum absolute atomic E-state index is 12.5. The molecule has 0 aliphatic carbocycles. The molecule has 2 aromatic carbocycles. The molecule has 0 aliphatic rings. The Labute approximate surface area is 132 Å². The van der Waals surface area contributed by atoms with Gasteiger partial charge >= 0.3 is 0 Å². The SMILES string of the molecule is Cc1ccc(C(C)N(C)C(=O)CC(N)c2ccccc2)cc1. The molecule has 0 heterocycles. The first-order valence-electron chi connectivity index (χ1n) is 7.62. The van der Waals surface area contributed by atoms with Crippen LogP contribution < -0.4 is 5.73 Å². The predicted octanol–water partition coefficient (Wildman–Crippen LogP) is 3.60. The van der Waals surface area contributed by atoms with Crippen molar-refractivity contribution in [2.75, 3.05) is 7.05 Å². The highest BCUT2D eigenvalue weighted by Gasteiger charge is 2.20. The lowest BCUT2D eigenvalue weighted by Crippen LogP contribution is -2.32. The quantitative estimate of drug-likeness (QED) is 0.916. The van der Waals surface area contributed by atoms with Crippen molar-refractivity contribution < 1.29 is 4.79 Å². The number of rotatable bonds is 5. The van der Waals surface area contributed by atoms with Gasteiger partial charge in [0.05, 0.1) is 6.04 Å². The Morgan fingerprint density at radius 2 is 1.64 bits per heavy atom. The summed E-state index contributed by atoms with van der Waals surface area (Å²) in [6, 6.07) is 17.8. The molecule has 2 unspecified atom stereocenters. The lowest BCUT2D eigenvalue weighted by Gasteiger charge is -2.27. The van der Waals surface area contributed by atoms with Gasteiger partial charge in [-0.3, -0.25) is 4.79 Å². The predicted molar refractivity (Wildman–Crippen MR) is 90.4 cm³/mol. The smallest absolute Gasteiger partial charge is 0.224 e. The average molecular weight is 296 g/mol. The third-order valence-electron chi connectivity index (χ3n) is 4.16. The molecular formula is C19H24N2O. The third-order valence-corrected chi connectivity index (χ3v) is 4.16. The van der Waals surface area contributed by atoms with Crippen LogP contribution in [0.2, 0.25) is 0 Å². The third kappa shape index (κ3) is 3.95. The van der Waals surface area contributed by atoms with Gasteiger partial charge in [0.15, 0.2) is 0 Å². The van der Waals surface area contributed by atoms with E-state index >= 15 is 0 Å². The first-order chi connectivity index (χ1) is 10.5. The molecule has 0 bridgehead atoms. The van der Waals surface area contributed by atoms with Crippen molar-refractivity contribution in [3.8, 4) is 0 Å². The van der Waals surface area contributed by atoms with E-state index in [4.69, 9.17) is 5.73 Å². The van der Waals surface area contributed by atoms with Gasteiger partial charge in [0.25, 0.3) is 0 Å². The van der Waals surface area contributed by atoms with Crippen LogP contribution in [0.3, 0.4) is 0 Å². The number of hydrogen-bond donors (Lipinski definition) is 1. The summed E-state index contributed by atoms with van der Waals surface area (Å²) in [6.45, 7) is 4.10. The summed E-state index contributed by atoms with van der Waals surface area (Å²) in [6.07, 6.45) is 0.316. The van der Waals surface area contributed by atoms with E-state index in [1.165, 1.54) is 5.56 Å². The molecule has 0 spiro atoms. The highest BCUT2D eigenvalue weighted by Crippen LogP contribution is 2.22. The van der Waals surface area contributed by atoms with Crippen molar-refractivity contribution in [2.24, 2.45) is 5.73 Å². The largest absolute Gasteiger partial charge is 0.339 e. The second kappa shape index (κ2) is 7.23.